The fourth-order valence-electron chi connectivity index (χ4n) is 4.88. The summed E-state index contributed by atoms with van der Waals surface area (Å²) in [4.78, 5) is 17.8. The maximum atomic E-state index is 13.5. The van der Waals surface area contributed by atoms with E-state index in [-0.39, 0.29) is 10.8 Å². The van der Waals surface area contributed by atoms with Gasteiger partial charge in [0.2, 0.25) is 5.91 Å². The van der Waals surface area contributed by atoms with Crippen molar-refractivity contribution in [2.75, 3.05) is 39.3 Å². The smallest absolute Gasteiger partial charge is 0.244 e. The number of hydrogen-bond acceptors (Lipinski definition) is 5. The molecule has 29 heavy (non-hydrogen) atoms. The van der Waals surface area contributed by atoms with E-state index in [0.717, 1.165) is 51.9 Å². The Hall–Kier alpha value is -1.15. The fraction of sp³-hybridized carbons (Fsp3) is 0.667. The van der Waals surface area contributed by atoms with Crippen LogP contribution in [-0.4, -0.2) is 74.3 Å². The molecular weight excluding hydrogens is 412 g/mol. The molecule has 1 amide bonds. The van der Waals surface area contributed by atoms with E-state index in [1.165, 1.54) is 12.1 Å². The van der Waals surface area contributed by atoms with E-state index in [4.69, 9.17) is 16.3 Å². The van der Waals surface area contributed by atoms with Crippen LogP contribution in [0, 0.1) is 0 Å². The monoisotopic (exact) mass is 440 g/mol. The normalized spacial score (nSPS) is 25.4. The van der Waals surface area contributed by atoms with E-state index in [9.17, 15) is 13.2 Å². The number of hydrogen-bond donors (Lipinski definition) is 0. The molecule has 0 bridgehead atoms. The number of sulfone groups is 1. The second-order valence-electron chi connectivity index (χ2n) is 8.39. The lowest BCUT2D eigenvalue weighted by atomic mass is 10.0. The Morgan fingerprint density at radius 2 is 1.72 bits per heavy atom. The summed E-state index contributed by atoms with van der Waals surface area (Å²) in [5, 5.41) is 0.484. The Labute approximate surface area is 178 Å². The molecule has 6 nitrogen and oxygen atoms in total. The van der Waals surface area contributed by atoms with Gasteiger partial charge in [-0.1, -0.05) is 24.4 Å². The zero-order valence-electron chi connectivity index (χ0n) is 16.7. The van der Waals surface area contributed by atoms with Crippen LogP contribution < -0.4 is 0 Å². The molecule has 0 aromatic heterocycles. The molecule has 8 heteroatoms. The van der Waals surface area contributed by atoms with Gasteiger partial charge < -0.3 is 9.64 Å². The minimum atomic E-state index is -3.78. The van der Waals surface area contributed by atoms with Crippen LogP contribution in [0.15, 0.2) is 29.2 Å². The highest BCUT2D eigenvalue weighted by molar-refractivity contribution is 7.93. The van der Waals surface area contributed by atoms with E-state index in [2.05, 4.69) is 4.90 Å². The van der Waals surface area contributed by atoms with Gasteiger partial charge in [-0.15, -0.1) is 0 Å². The Morgan fingerprint density at radius 3 is 2.31 bits per heavy atom. The number of carbonyl (C=O) groups excluding carboxylic acids is 1. The van der Waals surface area contributed by atoms with Crippen molar-refractivity contribution in [2.45, 2.75) is 54.3 Å². The summed E-state index contributed by atoms with van der Waals surface area (Å²) >= 11 is 5.93. The van der Waals surface area contributed by atoms with E-state index in [1.54, 1.807) is 17.0 Å². The summed E-state index contributed by atoms with van der Waals surface area (Å²) in [6.07, 6.45) is 4.83. The highest BCUT2D eigenvalue weighted by Gasteiger charge is 2.54. The molecule has 1 aromatic rings. The van der Waals surface area contributed by atoms with Crippen molar-refractivity contribution in [1.29, 1.82) is 0 Å². The molecule has 160 valence electrons. The molecule has 2 aliphatic heterocycles. The minimum absolute atomic E-state index is 0.189. The Balaban J connectivity index is 1.48. The summed E-state index contributed by atoms with van der Waals surface area (Å²) in [5.41, 5.74) is 0. The first-order valence-electron chi connectivity index (χ1n) is 10.6. The lowest BCUT2D eigenvalue weighted by molar-refractivity contribution is -0.135. The predicted molar refractivity (Wildman–Crippen MR) is 112 cm³/mol. The third-order valence-electron chi connectivity index (χ3n) is 6.58. The fourth-order valence-corrected chi connectivity index (χ4v) is 7.14. The van der Waals surface area contributed by atoms with Gasteiger partial charge in [-0.3, -0.25) is 9.69 Å². The molecule has 2 heterocycles. The third kappa shape index (κ3) is 4.07. The predicted octanol–water partition coefficient (Wildman–Crippen LogP) is 2.75. The van der Waals surface area contributed by atoms with E-state index < -0.39 is 14.6 Å². The molecule has 1 saturated carbocycles. The Kier molecular flexibility index (Phi) is 6.21. The molecule has 3 fully saturated rings. The maximum Gasteiger partial charge on any atom is 0.244 e. The van der Waals surface area contributed by atoms with Crippen molar-refractivity contribution in [1.82, 2.24) is 9.80 Å². The number of benzene rings is 1. The maximum absolute atomic E-state index is 13.5. The van der Waals surface area contributed by atoms with Gasteiger partial charge in [0.1, 0.15) is 0 Å². The number of carbonyl (C=O) groups is 1. The molecule has 3 aliphatic rings. The number of halogens is 1. The number of rotatable bonds is 5. The van der Waals surface area contributed by atoms with Crippen LogP contribution in [0.3, 0.4) is 0 Å². The van der Waals surface area contributed by atoms with Crippen molar-refractivity contribution in [3.05, 3.63) is 29.3 Å². The van der Waals surface area contributed by atoms with Crippen molar-refractivity contribution in [2.24, 2.45) is 0 Å². The SMILES string of the molecule is O=C(N1CCN(CC2CCCO2)CC1)C1(S(=O)(=O)c2ccc(Cl)cc2)CCCC1. The molecule has 0 radical (unpaired) electrons. The summed E-state index contributed by atoms with van der Waals surface area (Å²) in [6, 6.07) is 6.19. The lowest BCUT2D eigenvalue weighted by Crippen LogP contribution is -2.58. The van der Waals surface area contributed by atoms with E-state index >= 15 is 0 Å². The molecule has 1 aromatic carbocycles. The van der Waals surface area contributed by atoms with Gasteiger partial charge in [-0.05, 0) is 49.9 Å². The summed E-state index contributed by atoms with van der Waals surface area (Å²) in [6.45, 7) is 4.42. The van der Waals surface area contributed by atoms with Crippen LogP contribution in [0.4, 0.5) is 0 Å². The second kappa shape index (κ2) is 8.53. The quantitative estimate of drug-likeness (QED) is 0.704. The standard InChI is InChI=1S/C21H29ClN2O4S/c22-17-5-7-19(8-6-17)29(26,27)21(9-1-2-10-21)20(25)24-13-11-23(12-14-24)16-18-4-3-15-28-18/h5-8,18H,1-4,9-16H2. The molecule has 1 atom stereocenters. The van der Waals surface area contributed by atoms with Crippen molar-refractivity contribution in [3.8, 4) is 0 Å². The zero-order valence-corrected chi connectivity index (χ0v) is 18.3. The zero-order chi connectivity index (χ0) is 20.5. The molecule has 0 spiro atoms. The van der Waals surface area contributed by atoms with Gasteiger partial charge in [-0.2, -0.15) is 0 Å². The van der Waals surface area contributed by atoms with Crippen LogP contribution in [0.5, 0.6) is 0 Å². The summed E-state index contributed by atoms with van der Waals surface area (Å²) in [5.74, 6) is -0.221. The van der Waals surface area contributed by atoms with Gasteiger partial charge in [0.05, 0.1) is 11.0 Å². The van der Waals surface area contributed by atoms with Crippen LogP contribution in [0.2, 0.25) is 5.02 Å². The first-order valence-corrected chi connectivity index (χ1v) is 12.4. The Bertz CT molecular complexity index is 823. The molecule has 1 unspecified atom stereocenters. The number of amides is 1. The summed E-state index contributed by atoms with van der Waals surface area (Å²) < 4.78 is 31.4. The number of piperazine rings is 1. The lowest BCUT2D eigenvalue weighted by Gasteiger charge is -2.40. The number of ether oxygens (including phenoxy) is 1. The molecule has 1 aliphatic carbocycles. The van der Waals surface area contributed by atoms with E-state index in [1.807, 2.05) is 0 Å². The first kappa shape index (κ1) is 21.1. The van der Waals surface area contributed by atoms with Crippen LogP contribution in [0.1, 0.15) is 38.5 Å². The van der Waals surface area contributed by atoms with Gasteiger partial charge >= 0.3 is 0 Å². The second-order valence-corrected chi connectivity index (χ2v) is 11.1. The average Bonchev–Trinajstić information content (AvgIpc) is 3.41. The van der Waals surface area contributed by atoms with Crippen LogP contribution in [-0.2, 0) is 19.4 Å². The topological polar surface area (TPSA) is 66.9 Å². The van der Waals surface area contributed by atoms with Crippen molar-refractivity contribution < 1.29 is 17.9 Å². The van der Waals surface area contributed by atoms with Crippen LogP contribution >= 0.6 is 11.6 Å². The first-order chi connectivity index (χ1) is 13.9. The third-order valence-corrected chi connectivity index (χ3v) is 9.34. The van der Waals surface area contributed by atoms with Gasteiger partial charge in [0, 0.05) is 44.4 Å². The number of nitrogens with zero attached hydrogens (tertiary/aromatic N) is 2. The van der Waals surface area contributed by atoms with E-state index in [0.29, 0.717) is 37.1 Å². The van der Waals surface area contributed by atoms with Crippen molar-refractivity contribution in [3.63, 3.8) is 0 Å². The van der Waals surface area contributed by atoms with Crippen LogP contribution in [0.25, 0.3) is 0 Å². The minimum Gasteiger partial charge on any atom is -0.377 e. The molecule has 0 N–H and O–H groups in total. The highest BCUT2D eigenvalue weighted by atomic mass is 35.5. The molecular formula is C21H29ClN2O4S. The van der Waals surface area contributed by atoms with Gasteiger partial charge in [0.25, 0.3) is 0 Å². The Morgan fingerprint density at radius 1 is 1.07 bits per heavy atom. The van der Waals surface area contributed by atoms with Gasteiger partial charge in [-0.25, -0.2) is 8.42 Å². The van der Waals surface area contributed by atoms with Gasteiger partial charge in [0.15, 0.2) is 14.6 Å². The molecule has 2 saturated heterocycles. The summed E-state index contributed by atoms with van der Waals surface area (Å²) in [7, 11) is -3.78. The molecule has 4 rings (SSSR count). The average molecular weight is 441 g/mol. The highest BCUT2D eigenvalue weighted by Crippen LogP contribution is 2.42. The van der Waals surface area contributed by atoms with Crippen molar-refractivity contribution >= 4 is 27.3 Å². The largest absolute Gasteiger partial charge is 0.377 e.